The van der Waals surface area contributed by atoms with Crippen LogP contribution in [-0.4, -0.2) is 33.7 Å². The number of anilines is 2. The molecular weight excluding hydrogens is 490 g/mol. The van der Waals surface area contributed by atoms with Crippen molar-refractivity contribution >= 4 is 52.2 Å². The second-order valence-electron chi connectivity index (χ2n) is 8.26. The summed E-state index contributed by atoms with van der Waals surface area (Å²) in [6.45, 7) is 4.48. The van der Waals surface area contributed by atoms with Crippen LogP contribution in [0.2, 0.25) is 5.02 Å². The van der Waals surface area contributed by atoms with E-state index >= 15 is 0 Å². The number of nitrogen functional groups attached to an aromatic ring is 1. The SMILES string of the molecule is CC(C)CCNC(=O)C(c1ccc(O)cc1)N(C(=O)c1snc(C(N)=O)c1N)c1ccc(Cl)cc1. The zero-order valence-electron chi connectivity index (χ0n) is 19.2. The van der Waals surface area contributed by atoms with Gasteiger partial charge in [0.1, 0.15) is 16.7 Å². The van der Waals surface area contributed by atoms with Crippen molar-refractivity contribution in [3.8, 4) is 5.75 Å². The third kappa shape index (κ3) is 6.09. The van der Waals surface area contributed by atoms with Crippen LogP contribution in [0.4, 0.5) is 11.4 Å². The fraction of sp³-hybridized carbons (Fsp3) is 0.250. The number of nitrogens with two attached hydrogens (primary N) is 2. The summed E-state index contributed by atoms with van der Waals surface area (Å²) in [4.78, 5) is 40.3. The fourth-order valence-corrected chi connectivity index (χ4v) is 4.25. The van der Waals surface area contributed by atoms with E-state index in [4.69, 9.17) is 23.1 Å². The van der Waals surface area contributed by atoms with Gasteiger partial charge in [-0.15, -0.1) is 0 Å². The highest BCUT2D eigenvalue weighted by Crippen LogP contribution is 2.34. The Morgan fingerprint density at radius 2 is 1.74 bits per heavy atom. The van der Waals surface area contributed by atoms with Gasteiger partial charge in [0.05, 0.1) is 5.69 Å². The lowest BCUT2D eigenvalue weighted by molar-refractivity contribution is -0.122. The summed E-state index contributed by atoms with van der Waals surface area (Å²) in [5, 5.41) is 13.1. The Labute approximate surface area is 211 Å². The van der Waals surface area contributed by atoms with E-state index in [-0.39, 0.29) is 22.0 Å². The number of hydrogen-bond donors (Lipinski definition) is 4. The van der Waals surface area contributed by atoms with Gasteiger partial charge < -0.3 is 21.9 Å². The molecule has 0 spiro atoms. The highest BCUT2D eigenvalue weighted by atomic mass is 35.5. The number of aromatic hydroxyl groups is 1. The summed E-state index contributed by atoms with van der Waals surface area (Å²) in [6, 6.07) is 11.2. The molecule has 0 bridgehead atoms. The molecule has 0 radical (unpaired) electrons. The van der Waals surface area contributed by atoms with Crippen molar-refractivity contribution in [3.63, 3.8) is 0 Å². The number of phenols is 1. The molecule has 0 saturated carbocycles. The van der Waals surface area contributed by atoms with Crippen molar-refractivity contribution < 1.29 is 19.5 Å². The lowest BCUT2D eigenvalue weighted by atomic mass is 10.0. The first kappa shape index (κ1) is 26.0. The largest absolute Gasteiger partial charge is 0.508 e. The lowest BCUT2D eigenvalue weighted by Gasteiger charge is -2.31. The molecule has 35 heavy (non-hydrogen) atoms. The van der Waals surface area contributed by atoms with E-state index < -0.39 is 23.8 Å². The average molecular weight is 516 g/mol. The summed E-state index contributed by atoms with van der Waals surface area (Å²) < 4.78 is 3.92. The van der Waals surface area contributed by atoms with Crippen molar-refractivity contribution in [1.29, 1.82) is 0 Å². The second-order valence-corrected chi connectivity index (χ2v) is 9.47. The monoisotopic (exact) mass is 515 g/mol. The quantitative estimate of drug-likeness (QED) is 0.340. The van der Waals surface area contributed by atoms with E-state index in [1.54, 1.807) is 36.4 Å². The van der Waals surface area contributed by atoms with Crippen LogP contribution in [0.5, 0.6) is 5.75 Å². The summed E-state index contributed by atoms with van der Waals surface area (Å²) in [5.41, 5.74) is 11.8. The molecule has 0 aliphatic heterocycles. The van der Waals surface area contributed by atoms with E-state index in [0.717, 1.165) is 18.0 Å². The maximum absolute atomic E-state index is 13.9. The van der Waals surface area contributed by atoms with E-state index in [2.05, 4.69) is 9.69 Å². The van der Waals surface area contributed by atoms with Crippen LogP contribution in [0.15, 0.2) is 48.5 Å². The van der Waals surface area contributed by atoms with Crippen LogP contribution >= 0.6 is 23.1 Å². The number of phenolic OH excluding ortho intramolecular Hbond substituents is 1. The van der Waals surface area contributed by atoms with Gasteiger partial charge in [0, 0.05) is 17.3 Å². The van der Waals surface area contributed by atoms with Crippen molar-refractivity contribution in [2.24, 2.45) is 11.7 Å². The molecule has 2 aromatic carbocycles. The minimum Gasteiger partial charge on any atom is -0.508 e. The van der Waals surface area contributed by atoms with Crippen molar-refractivity contribution in [2.45, 2.75) is 26.3 Å². The number of halogens is 1. The molecule has 9 nitrogen and oxygen atoms in total. The number of nitrogens with one attached hydrogen (secondary N) is 1. The standard InChI is InChI=1S/C24H26ClN5O4S/c1-13(2)11-12-28-23(33)20(14-3-9-17(31)10-4-14)30(16-7-5-15(25)6-8-16)24(34)21-18(26)19(22(27)32)29-35-21/h3-10,13,20,31H,11-12,26H2,1-2H3,(H2,27,32)(H,28,33). The number of carbonyl (C=O) groups is 3. The molecule has 0 aliphatic carbocycles. The highest BCUT2D eigenvalue weighted by Gasteiger charge is 2.36. The summed E-state index contributed by atoms with van der Waals surface area (Å²) in [7, 11) is 0. The molecule has 3 rings (SSSR count). The van der Waals surface area contributed by atoms with Crippen LogP contribution < -0.4 is 21.7 Å². The predicted molar refractivity (Wildman–Crippen MR) is 137 cm³/mol. The maximum Gasteiger partial charge on any atom is 0.273 e. The van der Waals surface area contributed by atoms with Gasteiger partial charge in [-0.3, -0.25) is 19.3 Å². The number of rotatable bonds is 9. The number of amides is 3. The van der Waals surface area contributed by atoms with E-state index in [1.807, 2.05) is 13.8 Å². The lowest BCUT2D eigenvalue weighted by Crippen LogP contribution is -2.44. The predicted octanol–water partition coefficient (Wildman–Crippen LogP) is 3.73. The minimum absolute atomic E-state index is 0.00915. The Bertz CT molecular complexity index is 1210. The molecular formula is C24H26ClN5O4S. The van der Waals surface area contributed by atoms with Crippen LogP contribution in [0.25, 0.3) is 0 Å². The van der Waals surface area contributed by atoms with E-state index in [0.29, 0.717) is 28.7 Å². The Kier molecular flexibility index (Phi) is 8.31. The molecule has 0 fully saturated rings. The number of benzene rings is 2. The molecule has 3 amide bonds. The molecule has 1 unspecified atom stereocenters. The van der Waals surface area contributed by atoms with Gasteiger partial charge in [0.25, 0.3) is 11.8 Å². The maximum atomic E-state index is 13.9. The summed E-state index contributed by atoms with van der Waals surface area (Å²) in [5.74, 6) is -1.57. The normalized spacial score (nSPS) is 11.8. The number of aromatic nitrogens is 1. The fourth-order valence-electron chi connectivity index (χ4n) is 3.38. The molecule has 1 atom stereocenters. The van der Waals surface area contributed by atoms with Gasteiger partial charge in [-0.2, -0.15) is 4.37 Å². The zero-order valence-corrected chi connectivity index (χ0v) is 20.8. The average Bonchev–Trinajstić information content (AvgIpc) is 3.20. The smallest absolute Gasteiger partial charge is 0.273 e. The van der Waals surface area contributed by atoms with Gasteiger partial charge in [0.15, 0.2) is 5.69 Å². The molecule has 1 heterocycles. The molecule has 0 saturated heterocycles. The Balaban J connectivity index is 2.14. The van der Waals surface area contributed by atoms with Crippen LogP contribution in [0.3, 0.4) is 0 Å². The van der Waals surface area contributed by atoms with Crippen molar-refractivity contribution in [2.75, 3.05) is 17.2 Å². The number of carbonyl (C=O) groups excluding carboxylic acids is 3. The third-order valence-electron chi connectivity index (χ3n) is 5.22. The molecule has 3 aromatic rings. The topological polar surface area (TPSA) is 152 Å². The van der Waals surface area contributed by atoms with Crippen molar-refractivity contribution in [1.82, 2.24) is 9.69 Å². The Morgan fingerprint density at radius 1 is 1.11 bits per heavy atom. The van der Waals surface area contributed by atoms with Gasteiger partial charge >= 0.3 is 0 Å². The first-order chi connectivity index (χ1) is 16.6. The van der Waals surface area contributed by atoms with Gasteiger partial charge in [-0.1, -0.05) is 37.6 Å². The van der Waals surface area contributed by atoms with Crippen molar-refractivity contribution in [3.05, 3.63) is 69.7 Å². The van der Waals surface area contributed by atoms with Crippen LogP contribution in [0.1, 0.15) is 52.0 Å². The number of primary amides is 1. The summed E-state index contributed by atoms with van der Waals surface area (Å²) in [6.07, 6.45) is 0.743. The molecule has 184 valence electrons. The summed E-state index contributed by atoms with van der Waals surface area (Å²) >= 11 is 6.78. The minimum atomic E-state index is -1.13. The molecule has 0 aliphatic rings. The number of nitrogens with zero attached hydrogens (tertiary/aromatic N) is 2. The third-order valence-corrected chi connectivity index (χ3v) is 6.32. The van der Waals surface area contributed by atoms with E-state index in [9.17, 15) is 19.5 Å². The Hall–Kier alpha value is -3.63. The molecule has 1 aromatic heterocycles. The van der Waals surface area contributed by atoms with E-state index in [1.165, 1.54) is 17.0 Å². The first-order valence-corrected chi connectivity index (χ1v) is 12.0. The zero-order chi connectivity index (χ0) is 25.7. The first-order valence-electron chi connectivity index (χ1n) is 10.8. The van der Waals surface area contributed by atoms with Gasteiger partial charge in [-0.25, -0.2) is 0 Å². The Morgan fingerprint density at radius 3 is 2.29 bits per heavy atom. The second kappa shape index (κ2) is 11.2. The highest BCUT2D eigenvalue weighted by molar-refractivity contribution is 7.09. The van der Waals surface area contributed by atoms with Gasteiger partial charge in [-0.05, 0) is 65.8 Å². The van der Waals surface area contributed by atoms with Crippen LogP contribution in [-0.2, 0) is 4.79 Å². The van der Waals surface area contributed by atoms with Gasteiger partial charge in [0.2, 0.25) is 5.91 Å². The van der Waals surface area contributed by atoms with Crippen LogP contribution in [0, 0.1) is 5.92 Å². The number of hydrogen-bond acceptors (Lipinski definition) is 7. The molecule has 6 N–H and O–H groups in total. The molecule has 11 heteroatoms.